The number of hydrogen-bond acceptors (Lipinski definition) is 8. The van der Waals surface area contributed by atoms with Crippen molar-refractivity contribution < 1.29 is 0 Å². The summed E-state index contributed by atoms with van der Waals surface area (Å²) in [5, 5.41) is 10.1. The first-order valence-corrected chi connectivity index (χ1v) is 6.88. The molecule has 102 valence electrons. The Morgan fingerprint density at radius 3 is 2.90 bits per heavy atom. The van der Waals surface area contributed by atoms with Crippen molar-refractivity contribution in [1.29, 1.82) is 0 Å². The maximum atomic E-state index is 5.88. The molecule has 1 N–H and O–H groups in total. The molecular weight excluding hydrogens is 300 g/mol. The van der Waals surface area contributed by atoms with Crippen molar-refractivity contribution >= 4 is 28.9 Å². The summed E-state index contributed by atoms with van der Waals surface area (Å²) in [6.07, 6.45) is 2.88. The Morgan fingerprint density at radius 2 is 2.20 bits per heavy atom. The van der Waals surface area contributed by atoms with Gasteiger partial charge in [0.1, 0.15) is 12.7 Å². The van der Waals surface area contributed by atoms with Crippen LogP contribution in [0.25, 0.3) is 5.95 Å². The molecule has 3 heterocycles. The van der Waals surface area contributed by atoms with Gasteiger partial charge in [0, 0.05) is 5.38 Å². The molecule has 0 aliphatic rings. The van der Waals surface area contributed by atoms with E-state index in [9.17, 15) is 0 Å². The number of halogens is 1. The third-order valence-electron chi connectivity index (χ3n) is 2.31. The number of nitrogens with one attached hydrogen (secondary N) is 1. The molecule has 0 unspecified atom stereocenters. The van der Waals surface area contributed by atoms with Gasteiger partial charge in [0.25, 0.3) is 5.95 Å². The molecule has 20 heavy (non-hydrogen) atoms. The standard InChI is InChI=1S/C10H9ClN8S/c1-6-15-7(3-20-6)2-13-9-16-8(11)17-10(18-9)19-5-12-4-14-19/h3-5H,2H2,1H3,(H,13,16,17,18). The molecule has 0 saturated heterocycles. The first kappa shape index (κ1) is 12.9. The minimum Gasteiger partial charge on any atom is -0.348 e. The number of anilines is 1. The summed E-state index contributed by atoms with van der Waals surface area (Å²) in [4.78, 5) is 20.4. The Kier molecular flexibility index (Phi) is 3.52. The predicted octanol–water partition coefficient (Wildman–Crippen LogP) is 1.48. The molecule has 3 aromatic heterocycles. The summed E-state index contributed by atoms with van der Waals surface area (Å²) in [6.45, 7) is 2.47. The Balaban J connectivity index is 1.79. The van der Waals surface area contributed by atoms with E-state index >= 15 is 0 Å². The summed E-state index contributed by atoms with van der Waals surface area (Å²) in [5.41, 5.74) is 0.923. The van der Waals surface area contributed by atoms with Gasteiger partial charge in [0.05, 0.1) is 17.2 Å². The molecule has 8 nitrogen and oxygen atoms in total. The highest BCUT2D eigenvalue weighted by Gasteiger charge is 2.08. The molecular formula is C10H9ClN8S. The number of hydrogen-bond donors (Lipinski definition) is 1. The fourth-order valence-electron chi connectivity index (χ4n) is 1.49. The molecule has 0 fully saturated rings. The summed E-state index contributed by atoms with van der Waals surface area (Å²) < 4.78 is 1.41. The summed E-state index contributed by atoms with van der Waals surface area (Å²) >= 11 is 7.47. The Hall–Kier alpha value is -2.13. The van der Waals surface area contributed by atoms with Gasteiger partial charge in [-0.1, -0.05) is 0 Å². The van der Waals surface area contributed by atoms with Crippen molar-refractivity contribution in [2.45, 2.75) is 13.5 Å². The smallest absolute Gasteiger partial charge is 0.258 e. The monoisotopic (exact) mass is 308 g/mol. The minimum atomic E-state index is 0.0856. The molecule has 0 bridgehead atoms. The van der Waals surface area contributed by atoms with Gasteiger partial charge in [-0.3, -0.25) is 0 Å². The van der Waals surface area contributed by atoms with E-state index in [2.05, 4.69) is 35.3 Å². The van der Waals surface area contributed by atoms with Crippen LogP contribution in [-0.2, 0) is 6.54 Å². The van der Waals surface area contributed by atoms with Gasteiger partial charge in [-0.25, -0.2) is 9.97 Å². The highest BCUT2D eigenvalue weighted by atomic mass is 35.5. The number of aryl methyl sites for hydroxylation is 1. The molecule has 3 aromatic rings. The van der Waals surface area contributed by atoms with Crippen LogP contribution >= 0.6 is 22.9 Å². The molecule has 0 spiro atoms. The molecule has 3 rings (SSSR count). The maximum absolute atomic E-state index is 5.88. The summed E-state index contributed by atoms with van der Waals surface area (Å²) in [5.74, 6) is 0.667. The van der Waals surface area contributed by atoms with Gasteiger partial charge in [-0.2, -0.15) is 24.7 Å². The maximum Gasteiger partial charge on any atom is 0.258 e. The van der Waals surface area contributed by atoms with Crippen LogP contribution in [0.3, 0.4) is 0 Å². The van der Waals surface area contributed by atoms with Crippen LogP contribution in [0.15, 0.2) is 18.0 Å². The number of thiazole rings is 1. The van der Waals surface area contributed by atoms with Crippen LogP contribution in [0.2, 0.25) is 5.28 Å². The van der Waals surface area contributed by atoms with Crippen molar-refractivity contribution in [2.24, 2.45) is 0 Å². The van der Waals surface area contributed by atoms with Crippen molar-refractivity contribution in [3.8, 4) is 5.95 Å². The lowest BCUT2D eigenvalue weighted by molar-refractivity contribution is 0.792. The third-order valence-corrected chi connectivity index (χ3v) is 3.31. The zero-order valence-corrected chi connectivity index (χ0v) is 11.9. The zero-order chi connectivity index (χ0) is 13.9. The van der Waals surface area contributed by atoms with E-state index in [-0.39, 0.29) is 5.28 Å². The lowest BCUT2D eigenvalue weighted by Crippen LogP contribution is -2.09. The van der Waals surface area contributed by atoms with E-state index < -0.39 is 0 Å². The second-order valence-electron chi connectivity index (χ2n) is 3.78. The number of nitrogens with zero attached hydrogens (tertiary/aromatic N) is 7. The van der Waals surface area contributed by atoms with Crippen LogP contribution < -0.4 is 5.32 Å². The predicted molar refractivity (Wildman–Crippen MR) is 73.9 cm³/mol. The first-order chi connectivity index (χ1) is 9.70. The fourth-order valence-corrected chi connectivity index (χ4v) is 2.26. The lowest BCUT2D eigenvalue weighted by atomic mass is 10.5. The van der Waals surface area contributed by atoms with E-state index in [4.69, 9.17) is 11.6 Å². The molecule has 0 aliphatic heterocycles. The average Bonchev–Trinajstić information content (AvgIpc) is 3.07. The van der Waals surface area contributed by atoms with Crippen molar-refractivity contribution in [3.05, 3.63) is 34.0 Å². The van der Waals surface area contributed by atoms with Gasteiger partial charge in [0.2, 0.25) is 11.2 Å². The van der Waals surface area contributed by atoms with E-state index in [1.807, 2.05) is 12.3 Å². The Morgan fingerprint density at radius 1 is 1.30 bits per heavy atom. The van der Waals surface area contributed by atoms with Crippen molar-refractivity contribution in [2.75, 3.05) is 5.32 Å². The van der Waals surface area contributed by atoms with E-state index in [0.29, 0.717) is 18.4 Å². The van der Waals surface area contributed by atoms with E-state index in [1.54, 1.807) is 11.3 Å². The molecule has 0 radical (unpaired) electrons. The van der Waals surface area contributed by atoms with Crippen LogP contribution in [0.4, 0.5) is 5.95 Å². The summed E-state index contributed by atoms with van der Waals surface area (Å²) in [6, 6.07) is 0. The quantitative estimate of drug-likeness (QED) is 0.780. The van der Waals surface area contributed by atoms with E-state index in [1.165, 1.54) is 17.3 Å². The van der Waals surface area contributed by atoms with Crippen molar-refractivity contribution in [1.82, 2.24) is 34.7 Å². The molecule has 0 aromatic carbocycles. The Bertz CT molecular complexity index is 710. The first-order valence-electron chi connectivity index (χ1n) is 5.62. The van der Waals surface area contributed by atoms with Crippen LogP contribution in [0.1, 0.15) is 10.7 Å². The van der Waals surface area contributed by atoms with Gasteiger partial charge in [-0.15, -0.1) is 11.3 Å². The third kappa shape index (κ3) is 2.89. The van der Waals surface area contributed by atoms with E-state index in [0.717, 1.165) is 10.7 Å². The van der Waals surface area contributed by atoms with Crippen molar-refractivity contribution in [3.63, 3.8) is 0 Å². The second-order valence-corrected chi connectivity index (χ2v) is 5.18. The minimum absolute atomic E-state index is 0.0856. The molecule has 0 amide bonds. The SMILES string of the molecule is Cc1nc(CNc2nc(Cl)nc(-n3cncn3)n2)cs1. The fraction of sp³-hybridized carbons (Fsp3) is 0.200. The van der Waals surface area contributed by atoms with Crippen LogP contribution in [0.5, 0.6) is 0 Å². The van der Waals surface area contributed by atoms with Crippen LogP contribution in [-0.4, -0.2) is 34.7 Å². The highest BCUT2D eigenvalue weighted by molar-refractivity contribution is 7.09. The van der Waals surface area contributed by atoms with Gasteiger partial charge >= 0.3 is 0 Å². The topological polar surface area (TPSA) is 94.3 Å². The normalized spacial score (nSPS) is 10.7. The van der Waals surface area contributed by atoms with Gasteiger partial charge in [0.15, 0.2) is 0 Å². The molecule has 0 atom stereocenters. The number of aromatic nitrogens is 7. The molecule has 0 aliphatic carbocycles. The lowest BCUT2D eigenvalue weighted by Gasteiger charge is -2.05. The zero-order valence-electron chi connectivity index (χ0n) is 10.4. The Labute approximate surface area is 122 Å². The molecule has 0 saturated carbocycles. The van der Waals surface area contributed by atoms with Gasteiger partial charge < -0.3 is 5.32 Å². The second kappa shape index (κ2) is 5.47. The highest BCUT2D eigenvalue weighted by Crippen LogP contribution is 2.12. The molecule has 10 heteroatoms. The summed E-state index contributed by atoms with van der Waals surface area (Å²) in [7, 11) is 0. The largest absolute Gasteiger partial charge is 0.348 e. The number of rotatable bonds is 4. The van der Waals surface area contributed by atoms with Crippen LogP contribution in [0, 0.1) is 6.92 Å². The average molecular weight is 309 g/mol. The van der Waals surface area contributed by atoms with Gasteiger partial charge in [-0.05, 0) is 18.5 Å².